The molecule has 0 amide bonds. The molecule has 0 radical (unpaired) electrons. The number of nitrogens with one attached hydrogen (secondary N) is 1. The average Bonchev–Trinajstić information content (AvgIpc) is 2.33. The van der Waals surface area contributed by atoms with Gasteiger partial charge in [0.2, 0.25) is 0 Å². The van der Waals surface area contributed by atoms with Crippen molar-refractivity contribution in [2.24, 2.45) is 0 Å². The predicted molar refractivity (Wildman–Crippen MR) is 54.1 cm³/mol. The number of alkyl halides is 1. The van der Waals surface area contributed by atoms with Crippen molar-refractivity contribution in [3.63, 3.8) is 0 Å². The molecular formula is C10H20FNO. The van der Waals surface area contributed by atoms with Crippen molar-refractivity contribution in [2.45, 2.75) is 45.8 Å². The van der Waals surface area contributed by atoms with Crippen LogP contribution in [0.2, 0.25) is 0 Å². The molecule has 0 aromatic carbocycles. The molecule has 0 aromatic rings. The summed E-state index contributed by atoms with van der Waals surface area (Å²) in [6.07, 6.45) is 3.36. The van der Waals surface area contributed by atoms with E-state index >= 15 is 0 Å². The standard InChI is InChI=1S/C6H12FN.C4H6.H2O/c7-6-4-2-1-3-5-8-6;1-3-4-2;/h6,8H,1-5H2;1-2H3;1H2. The van der Waals surface area contributed by atoms with Crippen LogP contribution >= 0.6 is 0 Å². The highest BCUT2D eigenvalue weighted by atomic mass is 19.1. The number of halogens is 1. The highest BCUT2D eigenvalue weighted by Crippen LogP contribution is 2.07. The molecule has 1 heterocycles. The summed E-state index contributed by atoms with van der Waals surface area (Å²) in [7, 11) is 0. The van der Waals surface area contributed by atoms with Crippen LogP contribution in [0.15, 0.2) is 0 Å². The third-order valence-corrected chi connectivity index (χ3v) is 1.75. The number of rotatable bonds is 0. The highest BCUT2D eigenvalue weighted by Gasteiger charge is 2.07. The molecule has 1 saturated heterocycles. The second kappa shape index (κ2) is 11.4. The zero-order valence-electron chi connectivity index (χ0n) is 8.49. The van der Waals surface area contributed by atoms with E-state index in [2.05, 4.69) is 17.2 Å². The van der Waals surface area contributed by atoms with Crippen molar-refractivity contribution in [2.75, 3.05) is 6.54 Å². The van der Waals surface area contributed by atoms with Gasteiger partial charge in [0.05, 0.1) is 0 Å². The Labute approximate surface area is 80.2 Å². The van der Waals surface area contributed by atoms with Gasteiger partial charge in [0, 0.05) is 0 Å². The minimum absolute atomic E-state index is 0. The lowest BCUT2D eigenvalue weighted by atomic mass is 10.2. The Morgan fingerprint density at radius 1 is 1.15 bits per heavy atom. The first-order chi connectivity index (χ1) is 5.81. The quantitative estimate of drug-likeness (QED) is 0.457. The molecule has 1 atom stereocenters. The Kier molecular flexibility index (Phi) is 13.1. The lowest BCUT2D eigenvalue weighted by molar-refractivity contribution is 0.268. The molecular weight excluding hydrogens is 169 g/mol. The molecule has 2 nitrogen and oxygen atoms in total. The zero-order valence-corrected chi connectivity index (χ0v) is 8.49. The Hall–Kier alpha value is -0.590. The van der Waals surface area contributed by atoms with Crippen molar-refractivity contribution in [3.05, 3.63) is 0 Å². The summed E-state index contributed by atoms with van der Waals surface area (Å²) in [5.74, 6) is 5.36. The second-order valence-corrected chi connectivity index (χ2v) is 2.77. The molecule has 0 saturated carbocycles. The van der Waals surface area contributed by atoms with Crippen LogP contribution in [0.4, 0.5) is 4.39 Å². The Morgan fingerprint density at radius 3 is 2.31 bits per heavy atom. The van der Waals surface area contributed by atoms with Crippen LogP contribution in [-0.2, 0) is 0 Å². The molecule has 13 heavy (non-hydrogen) atoms. The molecule has 0 bridgehead atoms. The van der Waals surface area contributed by atoms with Gasteiger partial charge in [-0.1, -0.05) is 6.42 Å². The Bertz CT molecular complexity index is 137. The summed E-state index contributed by atoms with van der Waals surface area (Å²) in [4.78, 5) is 0. The highest BCUT2D eigenvalue weighted by molar-refractivity contribution is 4.89. The van der Waals surface area contributed by atoms with Gasteiger partial charge in [-0.2, -0.15) is 0 Å². The summed E-state index contributed by atoms with van der Waals surface area (Å²) >= 11 is 0. The average molecular weight is 189 g/mol. The van der Waals surface area contributed by atoms with Gasteiger partial charge < -0.3 is 5.48 Å². The van der Waals surface area contributed by atoms with Crippen LogP contribution in [0.5, 0.6) is 0 Å². The fraction of sp³-hybridized carbons (Fsp3) is 0.800. The van der Waals surface area contributed by atoms with E-state index in [-0.39, 0.29) is 5.48 Å². The van der Waals surface area contributed by atoms with Gasteiger partial charge in [0.15, 0.2) is 6.30 Å². The molecule has 0 aliphatic carbocycles. The van der Waals surface area contributed by atoms with Crippen LogP contribution in [0, 0.1) is 11.8 Å². The third-order valence-electron chi connectivity index (χ3n) is 1.75. The van der Waals surface area contributed by atoms with Gasteiger partial charge in [-0.3, -0.25) is 5.32 Å². The summed E-state index contributed by atoms with van der Waals surface area (Å²) in [6, 6.07) is 0. The lowest BCUT2D eigenvalue weighted by Crippen LogP contribution is -2.22. The minimum Gasteiger partial charge on any atom is -0.412 e. The van der Waals surface area contributed by atoms with E-state index in [9.17, 15) is 4.39 Å². The fourth-order valence-electron chi connectivity index (χ4n) is 0.986. The third kappa shape index (κ3) is 11.4. The van der Waals surface area contributed by atoms with Gasteiger partial charge in [0.25, 0.3) is 0 Å². The van der Waals surface area contributed by atoms with Crippen LogP contribution < -0.4 is 5.32 Å². The van der Waals surface area contributed by atoms with Gasteiger partial charge in [-0.15, -0.1) is 11.8 Å². The van der Waals surface area contributed by atoms with Crippen LogP contribution in [0.3, 0.4) is 0 Å². The van der Waals surface area contributed by atoms with E-state index in [0.29, 0.717) is 6.42 Å². The first kappa shape index (κ1) is 14.9. The zero-order chi connectivity index (χ0) is 9.23. The van der Waals surface area contributed by atoms with Crippen molar-refractivity contribution >= 4 is 0 Å². The van der Waals surface area contributed by atoms with Gasteiger partial charge in [0.1, 0.15) is 0 Å². The summed E-state index contributed by atoms with van der Waals surface area (Å²) < 4.78 is 12.3. The molecule has 78 valence electrons. The van der Waals surface area contributed by atoms with E-state index < -0.39 is 6.30 Å². The Morgan fingerprint density at radius 2 is 1.77 bits per heavy atom. The smallest absolute Gasteiger partial charge is 0.151 e. The van der Waals surface area contributed by atoms with E-state index in [0.717, 1.165) is 19.4 Å². The first-order valence-electron chi connectivity index (χ1n) is 4.52. The largest absolute Gasteiger partial charge is 0.412 e. The van der Waals surface area contributed by atoms with Crippen molar-refractivity contribution < 1.29 is 9.87 Å². The molecule has 1 aliphatic rings. The van der Waals surface area contributed by atoms with Crippen molar-refractivity contribution in [1.82, 2.24) is 5.32 Å². The Balaban J connectivity index is 0. The summed E-state index contributed by atoms with van der Waals surface area (Å²) in [6.45, 7) is 4.50. The minimum atomic E-state index is -0.725. The van der Waals surface area contributed by atoms with Crippen LogP contribution in [0.25, 0.3) is 0 Å². The lowest BCUT2D eigenvalue weighted by Gasteiger charge is -2.02. The maximum Gasteiger partial charge on any atom is 0.151 e. The molecule has 0 aromatic heterocycles. The molecule has 0 spiro atoms. The molecule has 1 rings (SSSR count). The predicted octanol–water partition coefficient (Wildman–Crippen LogP) is 1.65. The monoisotopic (exact) mass is 189 g/mol. The van der Waals surface area contributed by atoms with E-state index in [1.807, 2.05) is 13.8 Å². The molecule has 1 fully saturated rings. The van der Waals surface area contributed by atoms with E-state index in [4.69, 9.17) is 0 Å². The number of hydrogen-bond acceptors (Lipinski definition) is 1. The summed E-state index contributed by atoms with van der Waals surface area (Å²) in [5, 5.41) is 2.78. The molecule has 3 N–H and O–H groups in total. The normalized spacial score (nSPS) is 20.7. The van der Waals surface area contributed by atoms with Crippen LogP contribution in [0.1, 0.15) is 39.5 Å². The molecule has 1 aliphatic heterocycles. The van der Waals surface area contributed by atoms with Crippen molar-refractivity contribution in [3.8, 4) is 11.8 Å². The SMILES string of the molecule is CC#CC.FC1CCCCCN1.O. The second-order valence-electron chi connectivity index (χ2n) is 2.77. The number of hydrogen-bond donors (Lipinski definition) is 1. The fourth-order valence-corrected chi connectivity index (χ4v) is 0.986. The van der Waals surface area contributed by atoms with E-state index in [1.165, 1.54) is 6.42 Å². The maximum atomic E-state index is 12.3. The molecule has 1 unspecified atom stereocenters. The van der Waals surface area contributed by atoms with Gasteiger partial charge >= 0.3 is 0 Å². The van der Waals surface area contributed by atoms with Gasteiger partial charge in [-0.25, -0.2) is 4.39 Å². The summed E-state index contributed by atoms with van der Waals surface area (Å²) in [5.41, 5.74) is 0. The van der Waals surface area contributed by atoms with Crippen LogP contribution in [-0.4, -0.2) is 18.3 Å². The maximum absolute atomic E-state index is 12.3. The first-order valence-corrected chi connectivity index (χ1v) is 4.52. The topological polar surface area (TPSA) is 43.5 Å². The van der Waals surface area contributed by atoms with E-state index in [1.54, 1.807) is 0 Å². The van der Waals surface area contributed by atoms with Crippen molar-refractivity contribution in [1.29, 1.82) is 0 Å². The molecule has 3 heteroatoms. The van der Waals surface area contributed by atoms with Gasteiger partial charge in [-0.05, 0) is 39.7 Å².